The minimum absolute atomic E-state index is 0.0534. The number of carbonyl (C=O) groups is 1. The van der Waals surface area contributed by atoms with Gasteiger partial charge in [0.2, 0.25) is 5.91 Å². The molecule has 1 saturated heterocycles. The van der Waals surface area contributed by atoms with Gasteiger partial charge in [-0.15, -0.1) is 0 Å². The first-order valence-corrected chi connectivity index (χ1v) is 11.5. The summed E-state index contributed by atoms with van der Waals surface area (Å²) < 4.78 is 5.26. The minimum Gasteiger partial charge on any atom is -0.497 e. The SMILES string of the molecule is COc1ccc(N2C(=N)C3C(C)NNC3N=C2SCC(=O)Nc2cccc(Cl)c2C)cc1. The molecule has 1 fully saturated rings. The molecule has 0 saturated carbocycles. The molecule has 0 aromatic heterocycles. The Hall–Kier alpha value is -2.59. The number of nitrogens with one attached hydrogen (secondary N) is 4. The summed E-state index contributed by atoms with van der Waals surface area (Å²) in [6.45, 7) is 3.88. The number of anilines is 2. The number of carbonyl (C=O) groups excluding carboxylic acids is 1. The number of amidine groups is 2. The Morgan fingerprint density at radius 3 is 2.75 bits per heavy atom. The second-order valence-electron chi connectivity index (χ2n) is 7.63. The second kappa shape index (κ2) is 9.50. The number of hydrogen-bond acceptors (Lipinski definition) is 7. The van der Waals surface area contributed by atoms with Crippen LogP contribution in [0.15, 0.2) is 47.5 Å². The number of nitrogens with zero attached hydrogens (tertiary/aromatic N) is 2. The number of hydrogen-bond donors (Lipinski definition) is 4. The number of ether oxygens (including phenoxy) is 1. The Morgan fingerprint density at radius 2 is 2.03 bits per heavy atom. The van der Waals surface area contributed by atoms with Gasteiger partial charge in [-0.05, 0) is 55.8 Å². The Kier molecular flexibility index (Phi) is 6.71. The van der Waals surface area contributed by atoms with Crippen LogP contribution in [-0.2, 0) is 4.79 Å². The molecule has 2 aliphatic heterocycles. The van der Waals surface area contributed by atoms with E-state index in [0.29, 0.717) is 21.7 Å². The maximum absolute atomic E-state index is 12.7. The summed E-state index contributed by atoms with van der Waals surface area (Å²) in [4.78, 5) is 19.3. The van der Waals surface area contributed by atoms with Crippen LogP contribution in [0.1, 0.15) is 12.5 Å². The van der Waals surface area contributed by atoms with Crippen molar-refractivity contribution in [2.75, 3.05) is 23.1 Å². The monoisotopic (exact) mass is 472 g/mol. The summed E-state index contributed by atoms with van der Waals surface area (Å²) in [6.07, 6.45) is -0.257. The van der Waals surface area contributed by atoms with Gasteiger partial charge in [0, 0.05) is 22.4 Å². The van der Waals surface area contributed by atoms with E-state index in [-0.39, 0.29) is 29.8 Å². The number of halogens is 1. The quantitative estimate of drug-likeness (QED) is 0.530. The van der Waals surface area contributed by atoms with Crippen LogP contribution in [0.2, 0.25) is 5.02 Å². The van der Waals surface area contributed by atoms with Gasteiger partial charge in [0.05, 0.1) is 18.8 Å². The molecule has 0 radical (unpaired) electrons. The van der Waals surface area contributed by atoms with E-state index < -0.39 is 0 Å². The summed E-state index contributed by atoms with van der Waals surface area (Å²) >= 11 is 7.45. The average Bonchev–Trinajstić information content (AvgIpc) is 3.16. The number of aliphatic imine (C=N–C) groups is 1. The van der Waals surface area contributed by atoms with Crippen molar-refractivity contribution in [3.05, 3.63) is 53.1 Å². The largest absolute Gasteiger partial charge is 0.497 e. The number of fused-ring (bicyclic) bond motifs is 1. The third-order valence-electron chi connectivity index (χ3n) is 5.54. The van der Waals surface area contributed by atoms with Crippen molar-refractivity contribution in [2.24, 2.45) is 10.9 Å². The van der Waals surface area contributed by atoms with Gasteiger partial charge in [0.1, 0.15) is 17.8 Å². The van der Waals surface area contributed by atoms with Crippen LogP contribution in [0.25, 0.3) is 0 Å². The topological polar surface area (TPSA) is 102 Å². The van der Waals surface area contributed by atoms with Crippen molar-refractivity contribution in [2.45, 2.75) is 26.1 Å². The van der Waals surface area contributed by atoms with Gasteiger partial charge in [-0.2, -0.15) is 0 Å². The Morgan fingerprint density at radius 1 is 1.28 bits per heavy atom. The molecule has 10 heteroatoms. The summed E-state index contributed by atoms with van der Waals surface area (Å²) in [5, 5.41) is 13.0. The summed E-state index contributed by atoms with van der Waals surface area (Å²) in [7, 11) is 1.61. The van der Waals surface area contributed by atoms with E-state index in [0.717, 1.165) is 17.0 Å². The molecule has 0 bridgehead atoms. The minimum atomic E-state index is -0.257. The lowest BCUT2D eigenvalue weighted by atomic mass is 9.97. The standard InChI is InChI=1S/C22H25ClN6O2S/c1-12-16(23)5-4-6-17(12)25-18(30)11-32-22-26-21-19(13(2)27-28-21)20(24)29(22)14-7-9-15(31-3)10-8-14/h4-10,13,19,21,24,27-28H,11H2,1-3H3,(H,25,30). The molecular weight excluding hydrogens is 448 g/mol. The van der Waals surface area contributed by atoms with Crippen molar-refractivity contribution in [3.63, 3.8) is 0 Å². The second-order valence-corrected chi connectivity index (χ2v) is 8.98. The van der Waals surface area contributed by atoms with Crippen LogP contribution in [0.5, 0.6) is 5.75 Å². The maximum atomic E-state index is 12.7. The Balaban J connectivity index is 1.55. The van der Waals surface area contributed by atoms with E-state index in [4.69, 9.17) is 26.7 Å². The van der Waals surface area contributed by atoms with E-state index >= 15 is 0 Å². The lowest BCUT2D eigenvalue weighted by Gasteiger charge is -2.35. The molecule has 168 valence electrons. The molecule has 4 N–H and O–H groups in total. The molecule has 8 nitrogen and oxygen atoms in total. The zero-order valence-corrected chi connectivity index (χ0v) is 19.6. The lowest BCUT2D eigenvalue weighted by molar-refractivity contribution is -0.113. The third kappa shape index (κ3) is 4.47. The van der Waals surface area contributed by atoms with Crippen LogP contribution in [0.3, 0.4) is 0 Å². The predicted octanol–water partition coefficient (Wildman–Crippen LogP) is 3.62. The van der Waals surface area contributed by atoms with E-state index in [1.54, 1.807) is 24.1 Å². The van der Waals surface area contributed by atoms with Crippen molar-refractivity contribution in [3.8, 4) is 5.75 Å². The summed E-state index contributed by atoms with van der Waals surface area (Å²) in [5.41, 5.74) is 8.62. The van der Waals surface area contributed by atoms with Gasteiger partial charge in [-0.25, -0.2) is 10.4 Å². The van der Waals surface area contributed by atoms with Crippen molar-refractivity contribution >= 4 is 51.6 Å². The summed E-state index contributed by atoms with van der Waals surface area (Å²) in [6, 6.07) is 12.9. The van der Waals surface area contributed by atoms with Crippen LogP contribution in [0, 0.1) is 18.3 Å². The molecule has 3 unspecified atom stereocenters. The Labute approximate surface area is 196 Å². The third-order valence-corrected chi connectivity index (χ3v) is 6.90. The zero-order valence-electron chi connectivity index (χ0n) is 18.0. The number of thioether (sulfide) groups is 1. The fourth-order valence-electron chi connectivity index (χ4n) is 3.74. The van der Waals surface area contributed by atoms with Gasteiger partial charge in [0.25, 0.3) is 0 Å². The van der Waals surface area contributed by atoms with E-state index in [1.807, 2.05) is 44.2 Å². The highest BCUT2D eigenvalue weighted by atomic mass is 35.5. The molecule has 0 spiro atoms. The van der Waals surface area contributed by atoms with Gasteiger partial charge in [0.15, 0.2) is 5.17 Å². The van der Waals surface area contributed by atoms with Gasteiger partial charge in [-0.1, -0.05) is 29.4 Å². The first-order valence-electron chi connectivity index (χ1n) is 10.2. The number of amides is 1. The van der Waals surface area contributed by atoms with Crippen LogP contribution in [-0.4, -0.2) is 42.0 Å². The lowest BCUT2D eigenvalue weighted by Crippen LogP contribution is -2.50. The maximum Gasteiger partial charge on any atom is 0.234 e. The van der Waals surface area contributed by atoms with Gasteiger partial charge in [-0.3, -0.25) is 20.5 Å². The molecule has 2 aliphatic rings. The number of methoxy groups -OCH3 is 1. The van der Waals surface area contributed by atoms with E-state index in [2.05, 4.69) is 16.2 Å². The molecule has 2 aromatic carbocycles. The molecule has 2 heterocycles. The smallest absolute Gasteiger partial charge is 0.234 e. The molecule has 3 atom stereocenters. The van der Waals surface area contributed by atoms with Crippen molar-refractivity contribution < 1.29 is 9.53 Å². The fraction of sp³-hybridized carbons (Fsp3) is 0.318. The van der Waals surface area contributed by atoms with Crippen LogP contribution < -0.4 is 25.8 Å². The molecule has 2 aromatic rings. The average molecular weight is 473 g/mol. The number of hydrazine groups is 1. The van der Waals surface area contributed by atoms with E-state index in [1.165, 1.54) is 11.8 Å². The zero-order chi connectivity index (χ0) is 22.8. The molecule has 0 aliphatic carbocycles. The Bertz CT molecular complexity index is 1060. The number of rotatable bonds is 5. The van der Waals surface area contributed by atoms with Gasteiger partial charge < -0.3 is 10.1 Å². The predicted molar refractivity (Wildman–Crippen MR) is 131 cm³/mol. The normalized spacial score (nSPS) is 22.4. The summed E-state index contributed by atoms with van der Waals surface area (Å²) in [5.74, 6) is 1.01. The molecule has 4 rings (SSSR count). The first kappa shape index (κ1) is 22.6. The molecular formula is C22H25ClN6O2S. The first-order chi connectivity index (χ1) is 15.4. The number of benzene rings is 2. The van der Waals surface area contributed by atoms with Gasteiger partial charge >= 0.3 is 0 Å². The van der Waals surface area contributed by atoms with E-state index in [9.17, 15) is 4.79 Å². The van der Waals surface area contributed by atoms with Crippen LogP contribution in [0.4, 0.5) is 11.4 Å². The van der Waals surface area contributed by atoms with Crippen LogP contribution >= 0.6 is 23.4 Å². The molecule has 1 amide bonds. The highest BCUT2D eigenvalue weighted by Gasteiger charge is 2.43. The van der Waals surface area contributed by atoms with Crippen molar-refractivity contribution in [1.29, 1.82) is 5.41 Å². The highest BCUT2D eigenvalue weighted by Crippen LogP contribution is 2.32. The van der Waals surface area contributed by atoms with Crippen molar-refractivity contribution in [1.82, 2.24) is 10.9 Å². The fourth-order valence-corrected chi connectivity index (χ4v) is 4.77. The highest BCUT2D eigenvalue weighted by molar-refractivity contribution is 8.14. The molecule has 32 heavy (non-hydrogen) atoms.